The van der Waals surface area contributed by atoms with Gasteiger partial charge in [-0.25, -0.2) is 9.97 Å². The van der Waals surface area contributed by atoms with Gasteiger partial charge in [-0.05, 0) is 54.4 Å². The third kappa shape index (κ3) is 6.34. The lowest BCUT2D eigenvalue weighted by Gasteiger charge is -2.38. The summed E-state index contributed by atoms with van der Waals surface area (Å²) in [5, 5.41) is 6.38. The molecule has 0 radical (unpaired) electrons. The number of hydrogen-bond donors (Lipinski definition) is 0. The topological polar surface area (TPSA) is 86.5 Å². The van der Waals surface area contributed by atoms with Crippen molar-refractivity contribution in [1.82, 2.24) is 34.5 Å². The van der Waals surface area contributed by atoms with Gasteiger partial charge in [-0.2, -0.15) is 5.10 Å². The van der Waals surface area contributed by atoms with Gasteiger partial charge in [0.1, 0.15) is 11.6 Å². The summed E-state index contributed by atoms with van der Waals surface area (Å²) < 4.78 is 1.79. The van der Waals surface area contributed by atoms with Gasteiger partial charge in [-0.3, -0.25) is 14.5 Å². The molecule has 4 aromatic heterocycles. The molecule has 10 nitrogen and oxygen atoms in total. The third-order valence-corrected chi connectivity index (χ3v) is 9.12. The van der Waals surface area contributed by atoms with E-state index in [1.165, 1.54) is 0 Å². The molecule has 2 aliphatic heterocycles. The van der Waals surface area contributed by atoms with Crippen molar-refractivity contribution in [2.45, 2.75) is 6.42 Å². The zero-order valence-corrected chi connectivity index (χ0v) is 26.5. The van der Waals surface area contributed by atoms with Gasteiger partial charge in [0, 0.05) is 118 Å². The van der Waals surface area contributed by atoms with Gasteiger partial charge in [0.2, 0.25) is 0 Å². The summed E-state index contributed by atoms with van der Waals surface area (Å²) in [6.45, 7) is 11.7. The molecule has 2 saturated heterocycles. The highest BCUT2D eigenvalue weighted by Crippen LogP contribution is 2.26. The number of nitrogens with zero attached hydrogens (tertiary/aromatic N) is 9. The molecule has 6 heterocycles. The van der Waals surface area contributed by atoms with Crippen LogP contribution in [0.5, 0.6) is 0 Å². The molecule has 0 bridgehead atoms. The van der Waals surface area contributed by atoms with Crippen LogP contribution in [0.2, 0.25) is 0 Å². The minimum Gasteiger partial charge on any atom is -0.368 e. The van der Waals surface area contributed by atoms with Crippen LogP contribution in [0.3, 0.4) is 0 Å². The smallest absolute Gasteiger partial charge is 0.169 e. The minimum absolute atomic E-state index is 0.0263. The zero-order valence-electron chi connectivity index (χ0n) is 26.5. The van der Waals surface area contributed by atoms with E-state index in [1.807, 2.05) is 44.0 Å². The first-order valence-corrected chi connectivity index (χ1v) is 15.9. The molecule has 2 aliphatic rings. The highest BCUT2D eigenvalue weighted by molar-refractivity contribution is 5.98. The number of benzene rings is 1. The van der Waals surface area contributed by atoms with Crippen LogP contribution in [0.25, 0.3) is 27.6 Å². The summed E-state index contributed by atoms with van der Waals surface area (Å²) >= 11 is 0. The largest absolute Gasteiger partial charge is 0.368 e. The van der Waals surface area contributed by atoms with Gasteiger partial charge in [-0.15, -0.1) is 0 Å². The van der Waals surface area contributed by atoms with Crippen molar-refractivity contribution < 1.29 is 4.79 Å². The molecule has 0 spiro atoms. The van der Waals surface area contributed by atoms with E-state index in [0.717, 1.165) is 103 Å². The predicted octanol–water partition coefficient (Wildman–Crippen LogP) is 4.40. The Morgan fingerprint density at radius 3 is 2.24 bits per heavy atom. The number of carbonyl (C=O) groups is 1. The van der Waals surface area contributed by atoms with Gasteiger partial charge >= 0.3 is 0 Å². The maximum absolute atomic E-state index is 13.4. The number of aromatic nitrogens is 5. The summed E-state index contributed by atoms with van der Waals surface area (Å²) in [4.78, 5) is 36.6. The number of carbonyl (C=O) groups excluding carboxylic acids is 1. The second kappa shape index (κ2) is 12.7. The number of likely N-dealkylation sites (N-methyl/N-ethyl adjacent to an activating group) is 1. The fourth-order valence-electron chi connectivity index (χ4n) is 6.23. The van der Waals surface area contributed by atoms with E-state index >= 15 is 0 Å². The van der Waals surface area contributed by atoms with Crippen molar-refractivity contribution >= 4 is 33.9 Å². The molecular weight excluding hydrogens is 574 g/mol. The Kier molecular flexibility index (Phi) is 8.19. The molecule has 0 N–H and O–H groups in total. The number of piperazine rings is 2. The van der Waals surface area contributed by atoms with E-state index < -0.39 is 0 Å². The summed E-state index contributed by atoms with van der Waals surface area (Å²) in [6.07, 6.45) is 9.60. The number of rotatable bonds is 8. The Morgan fingerprint density at radius 2 is 1.50 bits per heavy atom. The molecule has 0 saturated carbocycles. The van der Waals surface area contributed by atoms with Crippen LogP contribution >= 0.6 is 0 Å². The number of anilines is 2. The number of fused-ring (bicyclic) bond motifs is 1. The van der Waals surface area contributed by atoms with Crippen LogP contribution in [0.15, 0.2) is 86.1 Å². The van der Waals surface area contributed by atoms with Crippen molar-refractivity contribution in [3.63, 3.8) is 0 Å². The highest BCUT2D eigenvalue weighted by Gasteiger charge is 2.22. The fraction of sp³-hybridized carbons (Fsp3) is 0.306. The first-order chi connectivity index (χ1) is 22.4. The zero-order chi connectivity index (χ0) is 31.6. The summed E-state index contributed by atoms with van der Waals surface area (Å²) in [5.74, 6) is 1.88. The fourth-order valence-corrected chi connectivity index (χ4v) is 6.23. The van der Waals surface area contributed by atoms with Crippen LogP contribution in [0.4, 0.5) is 11.6 Å². The van der Waals surface area contributed by atoms with Gasteiger partial charge in [0.15, 0.2) is 5.78 Å². The first-order valence-electron chi connectivity index (χ1n) is 15.9. The quantitative estimate of drug-likeness (QED) is 0.237. The van der Waals surface area contributed by atoms with Gasteiger partial charge in [0.05, 0.1) is 12.6 Å². The Bertz CT molecular complexity index is 1870. The normalized spacial score (nSPS) is 15.8. The van der Waals surface area contributed by atoms with Crippen molar-refractivity contribution in [1.29, 1.82) is 0 Å². The molecule has 7 rings (SSSR count). The average molecular weight is 614 g/mol. The summed E-state index contributed by atoms with van der Waals surface area (Å²) in [7, 11) is 4.07. The lowest BCUT2D eigenvalue weighted by Crippen LogP contribution is -2.45. The molecule has 10 heteroatoms. The van der Waals surface area contributed by atoms with Gasteiger partial charge in [-0.1, -0.05) is 18.7 Å². The lowest BCUT2D eigenvalue weighted by atomic mass is 10.0. The third-order valence-electron chi connectivity index (χ3n) is 9.12. The Labute approximate surface area is 269 Å². The van der Waals surface area contributed by atoms with Crippen LogP contribution in [0, 0.1) is 0 Å². The number of aryl methyl sites for hydroxylation is 1. The van der Waals surface area contributed by atoms with Crippen molar-refractivity contribution in [2.75, 3.05) is 69.2 Å². The van der Waals surface area contributed by atoms with E-state index in [9.17, 15) is 4.79 Å². The van der Waals surface area contributed by atoms with Crippen LogP contribution in [-0.4, -0.2) is 99.7 Å². The van der Waals surface area contributed by atoms with E-state index in [4.69, 9.17) is 4.98 Å². The average Bonchev–Trinajstić information content (AvgIpc) is 3.54. The van der Waals surface area contributed by atoms with Gasteiger partial charge < -0.3 is 19.6 Å². The monoisotopic (exact) mass is 613 g/mol. The molecule has 0 amide bonds. The van der Waals surface area contributed by atoms with Gasteiger partial charge in [0.25, 0.3) is 0 Å². The first kappa shape index (κ1) is 29.6. The van der Waals surface area contributed by atoms with E-state index in [1.54, 1.807) is 16.9 Å². The van der Waals surface area contributed by atoms with Crippen LogP contribution in [-0.2, 0) is 13.5 Å². The van der Waals surface area contributed by atoms with E-state index in [0.29, 0.717) is 5.56 Å². The molecule has 1 aromatic carbocycles. The van der Waals surface area contributed by atoms with E-state index in [2.05, 4.69) is 78.6 Å². The second-order valence-electron chi connectivity index (χ2n) is 12.3. The number of hydrogen-bond acceptors (Lipinski definition) is 9. The molecular formula is C36H39N9O. The lowest BCUT2D eigenvalue weighted by molar-refractivity contribution is 0.0992. The predicted molar refractivity (Wildman–Crippen MR) is 183 cm³/mol. The SMILES string of the molecule is C=C(c1ccc(N2CCN(C)CC2)nc1)N1CCN(c2cc(C(=O)Cc3cc4cc(-c5cnn(C)c5)ccc4cn3)ccn2)CC1. The van der Waals surface area contributed by atoms with Crippen molar-refractivity contribution in [2.24, 2.45) is 7.05 Å². The summed E-state index contributed by atoms with van der Waals surface area (Å²) in [6, 6.07) is 16.2. The number of ketones is 1. The van der Waals surface area contributed by atoms with Crippen LogP contribution in [0.1, 0.15) is 21.6 Å². The second-order valence-corrected chi connectivity index (χ2v) is 12.3. The molecule has 5 aromatic rings. The molecule has 2 fully saturated rings. The molecule has 234 valence electrons. The molecule has 0 atom stereocenters. The molecule has 46 heavy (non-hydrogen) atoms. The van der Waals surface area contributed by atoms with Crippen molar-refractivity contribution in [3.8, 4) is 11.1 Å². The van der Waals surface area contributed by atoms with E-state index in [-0.39, 0.29) is 12.2 Å². The minimum atomic E-state index is 0.0263. The Morgan fingerprint density at radius 1 is 0.717 bits per heavy atom. The summed E-state index contributed by atoms with van der Waals surface area (Å²) in [5.41, 5.74) is 5.58. The number of pyridine rings is 3. The number of Topliss-reactive ketones (excluding diaryl/α,β-unsaturated/α-hetero) is 1. The van der Waals surface area contributed by atoms with Crippen molar-refractivity contribution in [3.05, 3.63) is 103 Å². The Balaban J connectivity index is 0.967. The molecule has 0 aliphatic carbocycles. The molecule has 0 unspecified atom stereocenters. The maximum Gasteiger partial charge on any atom is 0.169 e. The highest BCUT2D eigenvalue weighted by atomic mass is 16.1. The maximum atomic E-state index is 13.4. The standard InChI is InChI=1S/C36H39N9O/c1-26(29-6-7-35(39-22-29)44-12-10-41(2)11-13-44)43-14-16-45(17-15-43)36-20-28(8-9-37-36)34(46)21-33-19-31-18-27(4-5-30(31)23-38-33)32-24-40-42(3)25-32/h4-9,18-20,22-25H,1,10-17,21H2,2-3H3. The van der Waals surface area contributed by atoms with Crippen LogP contribution < -0.4 is 9.80 Å². The Hall–Kier alpha value is -5.09.